The lowest BCUT2D eigenvalue weighted by atomic mass is 10.0. The van der Waals surface area contributed by atoms with Crippen molar-refractivity contribution in [2.45, 2.75) is 309 Å². The van der Waals surface area contributed by atoms with Crippen LogP contribution >= 0.6 is 0 Å². The van der Waals surface area contributed by atoms with Gasteiger partial charge in [-0.1, -0.05) is 286 Å². The maximum absolute atomic E-state index is 12.9. The fourth-order valence-corrected chi connectivity index (χ4v) is 8.81. The minimum absolute atomic E-state index is 0.0601. The second-order valence-corrected chi connectivity index (χ2v) is 20.6. The van der Waals surface area contributed by atoms with Crippen LogP contribution in [0.4, 0.5) is 0 Å². The van der Waals surface area contributed by atoms with Crippen LogP contribution in [0.2, 0.25) is 0 Å². The molecule has 0 saturated heterocycles. The van der Waals surface area contributed by atoms with Gasteiger partial charge in [-0.25, -0.2) is 0 Å². The number of carbonyl (C=O) groups is 2. The molecule has 0 fully saturated rings. The monoisotopic (exact) mass is 1000 g/mol. The summed E-state index contributed by atoms with van der Waals surface area (Å²) >= 11 is 0. The molecule has 0 aliphatic carbocycles. The smallest absolute Gasteiger partial charge is 0.306 e. The molecule has 0 radical (unpaired) electrons. The van der Waals surface area contributed by atoms with E-state index in [0.717, 1.165) is 83.5 Å². The van der Waals surface area contributed by atoms with Crippen molar-refractivity contribution in [3.8, 4) is 0 Å². The fourth-order valence-electron chi connectivity index (χ4n) is 8.81. The average Bonchev–Trinajstić information content (AvgIpc) is 3.38. The van der Waals surface area contributed by atoms with Crippen molar-refractivity contribution in [2.75, 3.05) is 19.8 Å². The molecule has 416 valence electrons. The molecule has 0 amide bonds. The normalized spacial score (nSPS) is 12.8. The zero-order valence-electron chi connectivity index (χ0n) is 47.9. The third-order valence-corrected chi connectivity index (χ3v) is 13.4. The summed E-state index contributed by atoms with van der Waals surface area (Å²) in [5.74, 6) is -0.459. The van der Waals surface area contributed by atoms with E-state index in [2.05, 4.69) is 106 Å². The molecule has 72 heavy (non-hydrogen) atoms. The van der Waals surface area contributed by atoms with Crippen LogP contribution in [0.15, 0.2) is 85.1 Å². The van der Waals surface area contributed by atoms with Crippen LogP contribution in [0.5, 0.6) is 0 Å². The van der Waals surface area contributed by atoms with Crippen LogP contribution in [0.3, 0.4) is 0 Å². The quantitative estimate of drug-likeness (QED) is 0.0345. The number of hydrogen-bond donors (Lipinski definition) is 0. The summed E-state index contributed by atoms with van der Waals surface area (Å²) < 4.78 is 17.5. The highest BCUT2D eigenvalue weighted by molar-refractivity contribution is 5.70. The first-order chi connectivity index (χ1) is 35.6. The van der Waals surface area contributed by atoms with Gasteiger partial charge in [0.25, 0.3) is 0 Å². The largest absolute Gasteiger partial charge is 0.462 e. The van der Waals surface area contributed by atoms with Gasteiger partial charge in [-0.3, -0.25) is 9.59 Å². The number of carbonyl (C=O) groups excluding carboxylic acids is 2. The predicted molar refractivity (Wildman–Crippen MR) is 316 cm³/mol. The van der Waals surface area contributed by atoms with Gasteiger partial charge in [0, 0.05) is 19.4 Å². The number of allylic oxidation sites excluding steroid dienone is 14. The van der Waals surface area contributed by atoms with E-state index in [9.17, 15) is 9.59 Å². The summed E-state index contributed by atoms with van der Waals surface area (Å²) in [6.07, 6.45) is 83.4. The maximum atomic E-state index is 12.9. The molecule has 0 aromatic heterocycles. The highest BCUT2D eigenvalue weighted by atomic mass is 16.6. The van der Waals surface area contributed by atoms with Crippen LogP contribution in [-0.2, 0) is 23.8 Å². The Morgan fingerprint density at radius 2 is 0.639 bits per heavy atom. The number of ether oxygens (including phenoxy) is 3. The topological polar surface area (TPSA) is 61.8 Å². The molecule has 0 rings (SSSR count). The second kappa shape index (κ2) is 62.4. The molecular formula is C67H118O5. The van der Waals surface area contributed by atoms with Gasteiger partial charge in [-0.05, 0) is 89.9 Å². The van der Waals surface area contributed by atoms with Crippen molar-refractivity contribution in [1.29, 1.82) is 0 Å². The second-order valence-electron chi connectivity index (χ2n) is 20.6. The van der Waals surface area contributed by atoms with Crippen molar-refractivity contribution in [3.05, 3.63) is 85.1 Å². The van der Waals surface area contributed by atoms with E-state index in [1.165, 1.54) is 186 Å². The highest BCUT2D eigenvalue weighted by Crippen LogP contribution is 2.16. The molecule has 0 aliphatic heterocycles. The van der Waals surface area contributed by atoms with Crippen molar-refractivity contribution >= 4 is 11.9 Å². The molecule has 5 nitrogen and oxygen atoms in total. The van der Waals surface area contributed by atoms with Crippen LogP contribution in [0.25, 0.3) is 0 Å². The van der Waals surface area contributed by atoms with Gasteiger partial charge in [0.15, 0.2) is 6.10 Å². The van der Waals surface area contributed by atoms with Crippen molar-refractivity contribution in [2.24, 2.45) is 0 Å². The van der Waals surface area contributed by atoms with E-state index >= 15 is 0 Å². The lowest BCUT2D eigenvalue weighted by molar-refractivity contribution is -0.162. The van der Waals surface area contributed by atoms with E-state index in [-0.39, 0.29) is 25.2 Å². The Balaban J connectivity index is 4.33. The van der Waals surface area contributed by atoms with Crippen molar-refractivity contribution < 1.29 is 23.8 Å². The van der Waals surface area contributed by atoms with Crippen molar-refractivity contribution in [1.82, 2.24) is 0 Å². The Labute approximate surface area is 448 Å². The molecule has 1 atom stereocenters. The molecule has 0 aliphatic rings. The molecule has 0 aromatic rings. The highest BCUT2D eigenvalue weighted by Gasteiger charge is 2.17. The van der Waals surface area contributed by atoms with Crippen LogP contribution < -0.4 is 0 Å². The molecule has 5 heteroatoms. The Kier molecular flexibility index (Phi) is 59.8. The average molecular weight is 1000 g/mol. The third-order valence-electron chi connectivity index (χ3n) is 13.4. The number of rotatable bonds is 57. The number of unbranched alkanes of at least 4 members (excludes halogenated alkanes) is 32. The lowest BCUT2D eigenvalue weighted by Crippen LogP contribution is -2.30. The zero-order chi connectivity index (χ0) is 52.0. The van der Waals surface area contributed by atoms with Gasteiger partial charge in [0.05, 0.1) is 6.61 Å². The summed E-state index contributed by atoms with van der Waals surface area (Å²) in [5.41, 5.74) is 0. The van der Waals surface area contributed by atoms with E-state index < -0.39 is 6.10 Å². The van der Waals surface area contributed by atoms with E-state index in [0.29, 0.717) is 19.4 Å². The molecule has 0 bridgehead atoms. The number of hydrogen-bond acceptors (Lipinski definition) is 5. The van der Waals surface area contributed by atoms with Crippen LogP contribution in [0.1, 0.15) is 303 Å². The molecule has 0 N–H and O–H groups in total. The minimum Gasteiger partial charge on any atom is -0.462 e. The summed E-state index contributed by atoms with van der Waals surface area (Å²) in [4.78, 5) is 25.6. The van der Waals surface area contributed by atoms with Gasteiger partial charge in [0.1, 0.15) is 6.61 Å². The Morgan fingerprint density at radius 3 is 1.07 bits per heavy atom. The predicted octanol–water partition coefficient (Wildman–Crippen LogP) is 21.6. The Bertz CT molecular complexity index is 1320. The first-order valence-electron chi connectivity index (χ1n) is 31.1. The molecule has 1 unspecified atom stereocenters. The zero-order valence-corrected chi connectivity index (χ0v) is 47.9. The van der Waals surface area contributed by atoms with Gasteiger partial charge in [0.2, 0.25) is 0 Å². The third kappa shape index (κ3) is 59.6. The lowest BCUT2D eigenvalue weighted by Gasteiger charge is -2.18. The first kappa shape index (κ1) is 69.1. The van der Waals surface area contributed by atoms with Crippen LogP contribution in [0, 0.1) is 0 Å². The van der Waals surface area contributed by atoms with Gasteiger partial charge in [-0.15, -0.1) is 0 Å². The molecule has 0 aromatic carbocycles. The molecule has 0 saturated carbocycles. The summed E-state index contributed by atoms with van der Waals surface area (Å²) in [5, 5.41) is 0. The maximum Gasteiger partial charge on any atom is 0.306 e. The molecular weight excluding hydrogens is 885 g/mol. The summed E-state index contributed by atoms with van der Waals surface area (Å²) in [7, 11) is 0. The Hall–Kier alpha value is -2.92. The number of esters is 2. The standard InChI is InChI=1S/C67H118O5/c1-4-7-10-13-16-19-22-25-28-31-33-35-38-41-44-47-50-53-56-59-62-70-63-65(72-67(69)61-58-55-52-49-46-43-40-36-30-27-24-21-18-15-12-9-6-3)64-71-66(68)60-57-54-51-48-45-42-39-37-34-32-29-26-23-20-17-14-11-8-5-2/h9,12,17-18,20-21,26-27,29-30,40,43,49,52,65H,4-8,10-11,13-16,19,22-25,28,31-39,41-42,44-48,50-51,53-64H2,1-3H3/b12-9-,20-17-,21-18-,29-26-,30-27-,43-40-,52-49-. The molecule has 0 spiro atoms. The van der Waals surface area contributed by atoms with Crippen LogP contribution in [-0.4, -0.2) is 37.9 Å². The van der Waals surface area contributed by atoms with E-state index in [1.54, 1.807) is 0 Å². The first-order valence-corrected chi connectivity index (χ1v) is 31.1. The van der Waals surface area contributed by atoms with Gasteiger partial charge < -0.3 is 14.2 Å². The van der Waals surface area contributed by atoms with E-state index in [1.807, 2.05) is 0 Å². The van der Waals surface area contributed by atoms with E-state index in [4.69, 9.17) is 14.2 Å². The van der Waals surface area contributed by atoms with Gasteiger partial charge >= 0.3 is 11.9 Å². The fraction of sp³-hybridized carbons (Fsp3) is 0.761. The van der Waals surface area contributed by atoms with Gasteiger partial charge in [-0.2, -0.15) is 0 Å². The summed E-state index contributed by atoms with van der Waals surface area (Å²) in [6, 6.07) is 0. The SMILES string of the molecule is CC/C=C\C/C=C\C/C=C\C/C=C\C/C=C\CCCC(=O)OC(COCCCCCCCCCCCCCCCCCCCCCC)COC(=O)CCCCCCCCCCC/C=C\C/C=C\CCCCC. The summed E-state index contributed by atoms with van der Waals surface area (Å²) in [6.45, 7) is 7.67. The molecule has 0 heterocycles. The Morgan fingerprint density at radius 1 is 0.319 bits per heavy atom. The minimum atomic E-state index is -0.571. The van der Waals surface area contributed by atoms with Crippen molar-refractivity contribution in [3.63, 3.8) is 0 Å².